The normalized spacial score (nSPS) is 16.4. The highest BCUT2D eigenvalue weighted by Gasteiger charge is 2.41. The number of hydrogen-bond acceptors (Lipinski definition) is 4. The molecule has 0 unspecified atom stereocenters. The Bertz CT molecular complexity index is 1630. The van der Waals surface area contributed by atoms with Crippen molar-refractivity contribution >= 4 is 17.5 Å². The molecule has 4 aromatic rings. The molecule has 3 heterocycles. The monoisotopic (exact) mass is 534 g/mol. The summed E-state index contributed by atoms with van der Waals surface area (Å²) in [6.07, 6.45) is 3.87. The van der Waals surface area contributed by atoms with Gasteiger partial charge in [0.1, 0.15) is 10.8 Å². The Labute approximate surface area is 223 Å². The molecule has 38 heavy (non-hydrogen) atoms. The first kappa shape index (κ1) is 25.7. The molecule has 9 heteroatoms. The molecule has 6 nitrogen and oxygen atoms in total. The number of amides is 1. The van der Waals surface area contributed by atoms with E-state index in [-0.39, 0.29) is 39.2 Å². The molecule has 1 fully saturated rings. The van der Waals surface area contributed by atoms with Crippen LogP contribution in [0.1, 0.15) is 51.0 Å². The first-order chi connectivity index (χ1) is 18.1. The number of halogens is 3. The Balaban J connectivity index is 1.55. The maximum Gasteiger partial charge on any atom is 0.274 e. The van der Waals surface area contributed by atoms with Gasteiger partial charge in [0, 0.05) is 37.7 Å². The number of aromatic nitrogens is 3. The van der Waals surface area contributed by atoms with Crippen molar-refractivity contribution in [2.45, 2.75) is 32.1 Å². The number of nitrogens with zero attached hydrogens (tertiary/aromatic N) is 4. The Morgan fingerprint density at radius 3 is 2.50 bits per heavy atom. The van der Waals surface area contributed by atoms with Gasteiger partial charge in [0.25, 0.3) is 11.5 Å². The Morgan fingerprint density at radius 1 is 1.05 bits per heavy atom. The number of carbonyl (C=O) groups excluding carboxylic acids is 1. The lowest BCUT2D eigenvalue weighted by Gasteiger charge is -2.17. The van der Waals surface area contributed by atoms with Gasteiger partial charge in [-0.3, -0.25) is 19.1 Å². The highest BCUT2D eigenvalue weighted by atomic mass is 35.5. The molecule has 1 aliphatic carbocycles. The van der Waals surface area contributed by atoms with E-state index in [2.05, 4.69) is 9.97 Å². The lowest BCUT2D eigenvalue weighted by Crippen LogP contribution is -2.23. The Morgan fingerprint density at radius 2 is 1.82 bits per heavy atom. The average molecular weight is 535 g/mol. The predicted octanol–water partition coefficient (Wildman–Crippen LogP) is 5.82. The summed E-state index contributed by atoms with van der Waals surface area (Å²) in [5.74, 6) is -1.52. The minimum absolute atomic E-state index is 0.0379. The number of pyridine rings is 3. The third-order valence-electron chi connectivity index (χ3n) is 6.96. The zero-order valence-corrected chi connectivity index (χ0v) is 22.1. The molecule has 2 atom stereocenters. The van der Waals surface area contributed by atoms with Crippen LogP contribution in [0.5, 0.6) is 0 Å². The quantitative estimate of drug-likeness (QED) is 0.303. The number of carbonyl (C=O) groups is 1. The fraction of sp³-hybridized carbons (Fsp3) is 0.241. The van der Waals surface area contributed by atoms with E-state index in [0.29, 0.717) is 16.9 Å². The molecule has 0 aliphatic heterocycles. The molecule has 0 N–H and O–H groups in total. The SMILES string of the molecule is Cc1cnc(-c2cccc(C(=O)N(C)C)c2F)cc1-n1c(C)cc([C@H]2C[C@@H]2c2ccc(F)nc2)c(Cl)c1=O. The number of benzene rings is 1. The van der Waals surface area contributed by atoms with E-state index in [1.807, 2.05) is 13.0 Å². The standard InChI is InChI=1S/C29H25ClF2N4O2/c1-15-13-33-23(18-6-5-7-19(27(18)32)28(37)35(3)4)12-24(15)36-16(2)10-22(26(30)29(36)38)21-11-20(21)17-8-9-25(31)34-14-17/h5-10,12-14,20-21H,11H2,1-4H3/t20-,21+/m1/s1. The van der Waals surface area contributed by atoms with Crippen molar-refractivity contribution in [1.29, 1.82) is 0 Å². The zero-order valence-electron chi connectivity index (χ0n) is 21.3. The van der Waals surface area contributed by atoms with Crippen molar-refractivity contribution in [2.24, 2.45) is 0 Å². The van der Waals surface area contributed by atoms with Gasteiger partial charge in [-0.25, -0.2) is 9.37 Å². The molecule has 194 valence electrons. The van der Waals surface area contributed by atoms with Crippen LogP contribution in [0.4, 0.5) is 8.78 Å². The van der Waals surface area contributed by atoms with E-state index in [4.69, 9.17) is 11.6 Å². The van der Waals surface area contributed by atoms with Crippen molar-refractivity contribution < 1.29 is 13.6 Å². The second-order valence-electron chi connectivity index (χ2n) is 9.78. The summed E-state index contributed by atoms with van der Waals surface area (Å²) in [6, 6.07) is 11.1. The summed E-state index contributed by atoms with van der Waals surface area (Å²) >= 11 is 6.63. The molecule has 1 aliphatic rings. The second kappa shape index (κ2) is 9.76. The Kier molecular flexibility index (Phi) is 6.61. The number of aryl methyl sites for hydroxylation is 2. The summed E-state index contributed by atoms with van der Waals surface area (Å²) in [5.41, 5.74) is 3.52. The van der Waals surface area contributed by atoms with Crippen molar-refractivity contribution in [1.82, 2.24) is 19.4 Å². The first-order valence-corrected chi connectivity index (χ1v) is 12.5. The van der Waals surface area contributed by atoms with Gasteiger partial charge in [-0.1, -0.05) is 23.7 Å². The highest BCUT2D eigenvalue weighted by Crippen LogP contribution is 2.55. The maximum atomic E-state index is 15.4. The Hall–Kier alpha value is -3.91. The van der Waals surface area contributed by atoms with Crippen LogP contribution in [0, 0.1) is 25.6 Å². The van der Waals surface area contributed by atoms with Gasteiger partial charge in [0.2, 0.25) is 5.95 Å². The van der Waals surface area contributed by atoms with E-state index in [1.54, 1.807) is 51.5 Å². The van der Waals surface area contributed by atoms with Gasteiger partial charge < -0.3 is 4.90 Å². The van der Waals surface area contributed by atoms with Gasteiger partial charge in [0.05, 0.1) is 16.9 Å². The third kappa shape index (κ3) is 4.49. The smallest absolute Gasteiger partial charge is 0.274 e. The summed E-state index contributed by atoms with van der Waals surface area (Å²) in [5, 5.41) is 0.112. The molecule has 0 bridgehead atoms. The van der Waals surface area contributed by atoms with Crippen LogP contribution in [-0.4, -0.2) is 39.4 Å². The van der Waals surface area contributed by atoms with E-state index in [0.717, 1.165) is 17.5 Å². The van der Waals surface area contributed by atoms with Gasteiger partial charge in [-0.2, -0.15) is 4.39 Å². The summed E-state index contributed by atoms with van der Waals surface area (Å²) in [6.45, 7) is 3.62. The van der Waals surface area contributed by atoms with Gasteiger partial charge in [0.15, 0.2) is 0 Å². The lowest BCUT2D eigenvalue weighted by molar-refractivity contribution is 0.0823. The molecule has 1 amide bonds. The van der Waals surface area contributed by atoms with Crippen LogP contribution in [0.15, 0.2) is 59.7 Å². The average Bonchev–Trinajstić information content (AvgIpc) is 3.68. The molecule has 1 saturated carbocycles. The van der Waals surface area contributed by atoms with Crippen molar-refractivity contribution in [3.8, 4) is 16.9 Å². The fourth-order valence-electron chi connectivity index (χ4n) is 4.85. The van der Waals surface area contributed by atoms with Crippen LogP contribution in [0.2, 0.25) is 5.02 Å². The summed E-state index contributed by atoms with van der Waals surface area (Å²) in [7, 11) is 3.11. The van der Waals surface area contributed by atoms with Crippen LogP contribution in [0.25, 0.3) is 16.9 Å². The maximum absolute atomic E-state index is 15.4. The number of rotatable bonds is 5. The van der Waals surface area contributed by atoms with Crippen molar-refractivity contribution in [2.75, 3.05) is 14.1 Å². The topological polar surface area (TPSA) is 68.1 Å². The van der Waals surface area contributed by atoms with Crippen LogP contribution < -0.4 is 5.56 Å². The molecule has 0 radical (unpaired) electrons. The summed E-state index contributed by atoms with van der Waals surface area (Å²) in [4.78, 5) is 35.4. The molecule has 0 spiro atoms. The minimum Gasteiger partial charge on any atom is -0.345 e. The fourth-order valence-corrected chi connectivity index (χ4v) is 5.13. The highest BCUT2D eigenvalue weighted by molar-refractivity contribution is 6.31. The molecular formula is C29H25ClF2N4O2. The van der Waals surface area contributed by atoms with Crippen LogP contribution in [0.3, 0.4) is 0 Å². The summed E-state index contributed by atoms with van der Waals surface area (Å²) < 4.78 is 30.1. The van der Waals surface area contributed by atoms with E-state index < -0.39 is 17.7 Å². The van der Waals surface area contributed by atoms with Crippen LogP contribution >= 0.6 is 11.6 Å². The second-order valence-corrected chi connectivity index (χ2v) is 10.2. The van der Waals surface area contributed by atoms with E-state index in [1.165, 1.54) is 27.8 Å². The molecule has 5 rings (SSSR count). The lowest BCUT2D eigenvalue weighted by atomic mass is 10.0. The van der Waals surface area contributed by atoms with E-state index in [9.17, 15) is 14.0 Å². The molecular weight excluding hydrogens is 510 g/mol. The largest absolute Gasteiger partial charge is 0.345 e. The van der Waals surface area contributed by atoms with E-state index >= 15 is 4.39 Å². The van der Waals surface area contributed by atoms with Gasteiger partial charge in [-0.15, -0.1) is 0 Å². The minimum atomic E-state index is -0.680. The number of hydrogen-bond donors (Lipinski definition) is 0. The molecule has 0 saturated heterocycles. The zero-order chi connectivity index (χ0) is 27.3. The van der Waals surface area contributed by atoms with Crippen molar-refractivity contribution in [3.63, 3.8) is 0 Å². The van der Waals surface area contributed by atoms with Crippen LogP contribution in [-0.2, 0) is 0 Å². The first-order valence-electron chi connectivity index (χ1n) is 12.1. The molecule has 3 aromatic heterocycles. The van der Waals surface area contributed by atoms with Crippen molar-refractivity contribution in [3.05, 3.63) is 110 Å². The van der Waals surface area contributed by atoms with Gasteiger partial charge >= 0.3 is 0 Å². The van der Waals surface area contributed by atoms with Gasteiger partial charge in [-0.05, 0) is 79.1 Å². The third-order valence-corrected chi connectivity index (χ3v) is 7.34. The molecule has 1 aromatic carbocycles. The predicted molar refractivity (Wildman–Crippen MR) is 142 cm³/mol.